The second-order valence-corrected chi connectivity index (χ2v) is 6.19. The lowest BCUT2D eigenvalue weighted by Crippen LogP contribution is -2.31. The Morgan fingerprint density at radius 2 is 2.29 bits per heavy atom. The highest BCUT2D eigenvalue weighted by Crippen LogP contribution is 2.30. The monoisotopic (exact) mass is 351 g/mol. The number of anilines is 1. The molecular weight excluding hydrogens is 337 g/mol. The van der Waals surface area contributed by atoms with Gasteiger partial charge in [-0.2, -0.15) is 0 Å². The van der Waals surface area contributed by atoms with E-state index in [4.69, 9.17) is 4.74 Å². The number of halogens is 1. The van der Waals surface area contributed by atoms with Crippen LogP contribution in [0.25, 0.3) is 0 Å². The largest absolute Gasteiger partial charge is 0.480 e. The number of methoxy groups -OCH3 is 1. The molecular formula is C15H14FN3O4S. The summed E-state index contributed by atoms with van der Waals surface area (Å²) in [6.45, 7) is 0. The van der Waals surface area contributed by atoms with E-state index in [0.717, 1.165) is 0 Å². The third kappa shape index (κ3) is 3.67. The van der Waals surface area contributed by atoms with Crippen molar-refractivity contribution in [2.24, 2.45) is 0 Å². The zero-order valence-corrected chi connectivity index (χ0v) is 13.6. The van der Waals surface area contributed by atoms with Crippen molar-refractivity contribution in [2.45, 2.75) is 25.4 Å². The Bertz CT molecular complexity index is 780. The van der Waals surface area contributed by atoms with E-state index in [1.807, 2.05) is 0 Å². The lowest BCUT2D eigenvalue weighted by Gasteiger charge is -2.08. The number of amides is 1. The van der Waals surface area contributed by atoms with Crippen molar-refractivity contribution in [2.75, 3.05) is 12.4 Å². The van der Waals surface area contributed by atoms with E-state index in [1.54, 1.807) is 0 Å². The Morgan fingerprint density at radius 3 is 3.08 bits per heavy atom. The van der Waals surface area contributed by atoms with Gasteiger partial charge in [-0.1, -0.05) is 11.3 Å². The van der Waals surface area contributed by atoms with Gasteiger partial charge in [0.1, 0.15) is 16.6 Å². The van der Waals surface area contributed by atoms with Gasteiger partial charge in [-0.3, -0.25) is 14.9 Å². The van der Waals surface area contributed by atoms with Gasteiger partial charge >= 0.3 is 5.97 Å². The minimum atomic E-state index is -0.732. The molecule has 1 aromatic heterocycles. The van der Waals surface area contributed by atoms with E-state index >= 15 is 0 Å². The van der Waals surface area contributed by atoms with Crippen LogP contribution in [0.5, 0.6) is 5.75 Å². The number of fused-ring (bicyclic) bond motifs is 1. The minimum absolute atomic E-state index is 0.200. The Labute approximate surface area is 140 Å². The van der Waals surface area contributed by atoms with Gasteiger partial charge in [-0.25, -0.2) is 4.39 Å². The Morgan fingerprint density at radius 1 is 1.46 bits per heavy atom. The first-order valence-electron chi connectivity index (χ1n) is 7.20. The summed E-state index contributed by atoms with van der Waals surface area (Å²) in [6.07, 6.45) is 0.160. The van der Waals surface area contributed by atoms with Crippen LogP contribution in [0.2, 0.25) is 0 Å². The van der Waals surface area contributed by atoms with E-state index in [2.05, 4.69) is 20.3 Å². The summed E-state index contributed by atoms with van der Waals surface area (Å²) in [4.78, 5) is 23.3. The van der Waals surface area contributed by atoms with Crippen LogP contribution in [0.1, 0.15) is 17.0 Å². The van der Waals surface area contributed by atoms with Gasteiger partial charge < -0.3 is 9.47 Å². The molecule has 1 amide bonds. The molecule has 0 aliphatic carbocycles. The number of nitrogens with zero attached hydrogens (tertiary/aromatic N) is 2. The average Bonchev–Trinajstić information content (AvgIpc) is 3.18. The number of aromatic nitrogens is 2. The molecule has 1 aliphatic rings. The van der Waals surface area contributed by atoms with Crippen molar-refractivity contribution < 1.29 is 23.5 Å². The summed E-state index contributed by atoms with van der Waals surface area (Å²) in [6, 6.07) is 4.16. The third-order valence-corrected chi connectivity index (χ3v) is 4.36. The standard InChI is InChI=1S/C15H14FN3O4S/c1-22-13(20)5-4-12-18-19-15(24-12)17-14(21)11-7-8-6-9(16)2-3-10(8)23-11/h2-3,6,11H,4-5,7H2,1H3,(H,17,19,21). The number of rotatable bonds is 5. The fraction of sp³-hybridized carbons (Fsp3) is 0.333. The SMILES string of the molecule is COC(=O)CCc1nnc(NC(=O)C2Cc3cc(F)ccc3O2)s1. The Hall–Kier alpha value is -2.55. The lowest BCUT2D eigenvalue weighted by molar-refractivity contribution is -0.140. The van der Waals surface area contributed by atoms with Crippen LogP contribution >= 0.6 is 11.3 Å². The van der Waals surface area contributed by atoms with E-state index in [-0.39, 0.29) is 24.1 Å². The fourth-order valence-electron chi connectivity index (χ4n) is 2.27. The van der Waals surface area contributed by atoms with Gasteiger partial charge in [-0.05, 0) is 18.2 Å². The van der Waals surface area contributed by atoms with Gasteiger partial charge in [0.25, 0.3) is 5.91 Å². The first-order chi connectivity index (χ1) is 11.5. The van der Waals surface area contributed by atoms with E-state index in [9.17, 15) is 14.0 Å². The molecule has 0 bridgehead atoms. The molecule has 7 nitrogen and oxygen atoms in total. The van der Waals surface area contributed by atoms with Gasteiger partial charge in [0.05, 0.1) is 13.5 Å². The molecule has 3 rings (SSSR count). The molecule has 0 saturated carbocycles. The maximum Gasteiger partial charge on any atom is 0.305 e. The quantitative estimate of drug-likeness (QED) is 0.825. The summed E-state index contributed by atoms with van der Waals surface area (Å²) in [5, 5.41) is 11.3. The van der Waals surface area contributed by atoms with Crippen LogP contribution in [-0.4, -0.2) is 35.3 Å². The lowest BCUT2D eigenvalue weighted by atomic mass is 10.1. The number of ether oxygens (including phenoxy) is 2. The zero-order valence-electron chi connectivity index (χ0n) is 12.7. The molecule has 0 spiro atoms. The molecule has 126 valence electrons. The summed E-state index contributed by atoms with van der Waals surface area (Å²) in [5.41, 5.74) is 0.659. The Balaban J connectivity index is 1.56. The predicted molar refractivity (Wildman–Crippen MR) is 83.4 cm³/mol. The van der Waals surface area contributed by atoms with Crippen LogP contribution in [0.3, 0.4) is 0 Å². The first kappa shape index (κ1) is 16.3. The highest BCUT2D eigenvalue weighted by molar-refractivity contribution is 7.15. The van der Waals surface area contributed by atoms with Gasteiger partial charge in [0, 0.05) is 18.4 Å². The van der Waals surface area contributed by atoms with Crippen LogP contribution in [0.4, 0.5) is 9.52 Å². The summed E-state index contributed by atoms with van der Waals surface area (Å²) < 4.78 is 23.3. The number of carbonyl (C=O) groups is 2. The predicted octanol–water partition coefficient (Wildman–Crippen LogP) is 1.72. The maximum absolute atomic E-state index is 13.2. The molecule has 1 unspecified atom stereocenters. The van der Waals surface area contributed by atoms with Crippen molar-refractivity contribution in [1.82, 2.24) is 10.2 Å². The number of benzene rings is 1. The minimum Gasteiger partial charge on any atom is -0.480 e. The molecule has 0 radical (unpaired) electrons. The maximum atomic E-state index is 13.2. The summed E-state index contributed by atoms with van der Waals surface area (Å²) in [7, 11) is 1.32. The van der Waals surface area contributed by atoms with Gasteiger partial charge in [0.15, 0.2) is 6.10 Å². The second kappa shape index (κ2) is 6.91. The molecule has 9 heteroatoms. The molecule has 1 aromatic carbocycles. The summed E-state index contributed by atoms with van der Waals surface area (Å²) in [5.74, 6) is -0.562. The van der Waals surface area contributed by atoms with Crippen LogP contribution in [-0.2, 0) is 27.2 Å². The molecule has 0 saturated heterocycles. The number of esters is 1. The number of carbonyl (C=O) groups excluding carboxylic acids is 2. The Kier molecular flexibility index (Phi) is 4.70. The van der Waals surface area contributed by atoms with E-state index in [1.165, 1.54) is 36.6 Å². The molecule has 2 aromatic rings. The van der Waals surface area contributed by atoms with Gasteiger partial charge in [-0.15, -0.1) is 10.2 Å². The van der Waals surface area contributed by atoms with Crippen molar-refractivity contribution in [1.29, 1.82) is 0 Å². The average molecular weight is 351 g/mol. The van der Waals surface area contributed by atoms with E-state index < -0.39 is 6.10 Å². The van der Waals surface area contributed by atoms with Crippen LogP contribution in [0.15, 0.2) is 18.2 Å². The number of hydrogen-bond donors (Lipinski definition) is 1. The highest BCUT2D eigenvalue weighted by atomic mass is 32.1. The zero-order chi connectivity index (χ0) is 17.1. The molecule has 1 N–H and O–H groups in total. The number of hydrogen-bond acceptors (Lipinski definition) is 7. The molecule has 2 heterocycles. The fourth-order valence-corrected chi connectivity index (χ4v) is 3.01. The smallest absolute Gasteiger partial charge is 0.305 e. The second-order valence-electron chi connectivity index (χ2n) is 5.13. The van der Waals surface area contributed by atoms with Crippen molar-refractivity contribution >= 4 is 28.3 Å². The normalized spacial score (nSPS) is 15.5. The van der Waals surface area contributed by atoms with E-state index in [0.29, 0.717) is 34.3 Å². The molecule has 1 atom stereocenters. The third-order valence-electron chi connectivity index (χ3n) is 3.46. The first-order valence-corrected chi connectivity index (χ1v) is 8.02. The van der Waals surface area contributed by atoms with Crippen molar-refractivity contribution in [3.05, 3.63) is 34.6 Å². The van der Waals surface area contributed by atoms with Gasteiger partial charge in [0.2, 0.25) is 5.13 Å². The number of aryl methyl sites for hydroxylation is 1. The topological polar surface area (TPSA) is 90.4 Å². The van der Waals surface area contributed by atoms with Crippen molar-refractivity contribution in [3.63, 3.8) is 0 Å². The van der Waals surface area contributed by atoms with Crippen molar-refractivity contribution in [3.8, 4) is 5.75 Å². The molecule has 1 aliphatic heterocycles. The highest BCUT2D eigenvalue weighted by Gasteiger charge is 2.30. The molecule has 0 fully saturated rings. The summed E-state index contributed by atoms with van der Waals surface area (Å²) >= 11 is 1.18. The van der Waals surface area contributed by atoms with Crippen LogP contribution < -0.4 is 10.1 Å². The molecule has 24 heavy (non-hydrogen) atoms. The van der Waals surface area contributed by atoms with Crippen LogP contribution in [0, 0.1) is 5.82 Å². The number of nitrogens with one attached hydrogen (secondary N) is 1.